The van der Waals surface area contributed by atoms with Crippen LogP contribution in [0.15, 0.2) is 70.2 Å². The van der Waals surface area contributed by atoms with Crippen LogP contribution in [-0.4, -0.2) is 24.7 Å². The molecule has 0 aliphatic heterocycles. The van der Waals surface area contributed by atoms with Crippen molar-refractivity contribution in [3.8, 4) is 5.69 Å². The van der Waals surface area contributed by atoms with E-state index in [4.69, 9.17) is 0 Å². The van der Waals surface area contributed by atoms with Crippen LogP contribution in [0.2, 0.25) is 0 Å². The lowest BCUT2D eigenvalue weighted by Crippen LogP contribution is -2.26. The van der Waals surface area contributed by atoms with Gasteiger partial charge in [-0.05, 0) is 48.9 Å². The molecule has 0 bridgehead atoms. The first-order valence-corrected chi connectivity index (χ1v) is 10.1. The highest BCUT2D eigenvalue weighted by Crippen LogP contribution is 2.19. The van der Waals surface area contributed by atoms with E-state index in [1.807, 2.05) is 49.5 Å². The van der Waals surface area contributed by atoms with Gasteiger partial charge < -0.3 is 0 Å². The Bertz CT molecular complexity index is 969. The Morgan fingerprint density at radius 2 is 1.88 bits per heavy atom. The number of sulfonamides is 1. The molecule has 0 radical (unpaired) electrons. The van der Waals surface area contributed by atoms with Crippen molar-refractivity contribution >= 4 is 26.0 Å². The second kappa shape index (κ2) is 7.51. The summed E-state index contributed by atoms with van der Waals surface area (Å²) >= 11 is 3.38. The van der Waals surface area contributed by atoms with E-state index in [0.29, 0.717) is 13.0 Å². The lowest BCUT2D eigenvalue weighted by molar-refractivity contribution is 0.581. The molecule has 5 nitrogen and oxygen atoms in total. The van der Waals surface area contributed by atoms with Crippen molar-refractivity contribution in [2.45, 2.75) is 18.2 Å². The van der Waals surface area contributed by atoms with Crippen molar-refractivity contribution in [1.29, 1.82) is 0 Å². The first kappa shape index (κ1) is 17.8. The minimum absolute atomic E-state index is 0.267. The van der Waals surface area contributed by atoms with E-state index in [2.05, 4.69) is 25.8 Å². The quantitative estimate of drug-likeness (QED) is 0.665. The lowest BCUT2D eigenvalue weighted by Gasteiger charge is -2.07. The summed E-state index contributed by atoms with van der Waals surface area (Å²) in [5.41, 5.74) is 2.68. The minimum Gasteiger partial charge on any atom is -0.241 e. The molecule has 0 aliphatic carbocycles. The van der Waals surface area contributed by atoms with E-state index in [1.54, 1.807) is 22.9 Å². The number of hydrogen-bond donors (Lipinski definition) is 1. The standard InChI is InChI=1S/C18H18BrN3O2S/c1-14-13-17(7-8-18(14)19)25(23,24)20-11-9-15-10-12-22(21-15)16-5-3-2-4-6-16/h2-8,10,12-13,20H,9,11H2,1H3. The van der Waals surface area contributed by atoms with Crippen LogP contribution in [0.3, 0.4) is 0 Å². The molecule has 1 heterocycles. The van der Waals surface area contributed by atoms with Crippen molar-refractivity contribution in [2.75, 3.05) is 6.54 Å². The molecule has 0 unspecified atom stereocenters. The van der Waals surface area contributed by atoms with Crippen LogP contribution in [0.5, 0.6) is 0 Å². The molecule has 0 amide bonds. The van der Waals surface area contributed by atoms with Crippen LogP contribution in [0.25, 0.3) is 5.69 Å². The van der Waals surface area contributed by atoms with Gasteiger partial charge in [-0.1, -0.05) is 34.1 Å². The summed E-state index contributed by atoms with van der Waals surface area (Å²) in [6, 6.07) is 16.7. The van der Waals surface area contributed by atoms with Crippen molar-refractivity contribution in [1.82, 2.24) is 14.5 Å². The summed E-state index contributed by atoms with van der Waals surface area (Å²) in [7, 11) is -3.52. The third-order valence-corrected chi connectivity index (χ3v) is 6.13. The van der Waals surface area contributed by atoms with Crippen molar-refractivity contribution < 1.29 is 8.42 Å². The third-order valence-electron chi connectivity index (χ3n) is 3.78. The number of aromatic nitrogens is 2. The van der Waals surface area contributed by atoms with Gasteiger partial charge in [-0.2, -0.15) is 5.10 Å². The van der Waals surface area contributed by atoms with Crippen molar-refractivity contribution in [2.24, 2.45) is 0 Å². The molecule has 0 aliphatic rings. The Morgan fingerprint density at radius 1 is 1.12 bits per heavy atom. The van der Waals surface area contributed by atoms with Crippen molar-refractivity contribution in [3.05, 3.63) is 76.5 Å². The Labute approximate surface area is 155 Å². The van der Waals surface area contributed by atoms with Gasteiger partial charge in [-0.15, -0.1) is 0 Å². The highest BCUT2D eigenvalue weighted by molar-refractivity contribution is 9.10. The average Bonchev–Trinajstić information content (AvgIpc) is 3.07. The van der Waals surface area contributed by atoms with Gasteiger partial charge in [0.1, 0.15) is 0 Å². The Balaban J connectivity index is 1.63. The smallest absolute Gasteiger partial charge is 0.240 e. The second-order valence-corrected chi connectivity index (χ2v) is 8.27. The summed E-state index contributed by atoms with van der Waals surface area (Å²) in [6.07, 6.45) is 2.39. The number of aryl methyl sites for hydroxylation is 1. The number of rotatable bonds is 6. The molecule has 0 saturated heterocycles. The molecule has 25 heavy (non-hydrogen) atoms. The second-order valence-electron chi connectivity index (χ2n) is 5.65. The van der Waals surface area contributed by atoms with Gasteiger partial charge in [-0.3, -0.25) is 0 Å². The maximum Gasteiger partial charge on any atom is 0.240 e. The monoisotopic (exact) mass is 419 g/mol. The molecular formula is C18H18BrN3O2S. The molecular weight excluding hydrogens is 402 g/mol. The fourth-order valence-electron chi connectivity index (χ4n) is 2.40. The Morgan fingerprint density at radius 3 is 2.60 bits per heavy atom. The molecule has 0 atom stereocenters. The van der Waals surface area contributed by atoms with E-state index in [1.165, 1.54) is 0 Å². The predicted octanol–water partition coefficient (Wildman–Crippen LogP) is 3.46. The SMILES string of the molecule is Cc1cc(S(=O)(=O)NCCc2ccn(-c3ccccc3)n2)ccc1Br. The molecule has 2 aromatic carbocycles. The Hall–Kier alpha value is -1.96. The van der Waals surface area contributed by atoms with Gasteiger partial charge in [0, 0.05) is 23.6 Å². The number of para-hydroxylation sites is 1. The normalized spacial score (nSPS) is 11.6. The van der Waals surface area contributed by atoms with Gasteiger partial charge in [0.2, 0.25) is 10.0 Å². The van der Waals surface area contributed by atoms with Gasteiger partial charge >= 0.3 is 0 Å². The van der Waals surface area contributed by atoms with E-state index in [9.17, 15) is 8.42 Å². The molecule has 3 aromatic rings. The van der Waals surface area contributed by atoms with Gasteiger partial charge in [0.05, 0.1) is 16.3 Å². The molecule has 1 aromatic heterocycles. The number of nitrogens with zero attached hydrogens (tertiary/aromatic N) is 2. The third kappa shape index (κ3) is 4.36. The largest absolute Gasteiger partial charge is 0.241 e. The van der Waals surface area contributed by atoms with Crippen LogP contribution in [-0.2, 0) is 16.4 Å². The number of nitrogens with one attached hydrogen (secondary N) is 1. The van der Waals surface area contributed by atoms with Crippen LogP contribution in [0.4, 0.5) is 0 Å². The zero-order valence-electron chi connectivity index (χ0n) is 13.7. The van der Waals surface area contributed by atoms with Crippen molar-refractivity contribution in [3.63, 3.8) is 0 Å². The summed E-state index contributed by atoms with van der Waals surface area (Å²) in [5.74, 6) is 0. The molecule has 0 saturated carbocycles. The van der Waals surface area contributed by atoms with Gasteiger partial charge in [0.15, 0.2) is 0 Å². The van der Waals surface area contributed by atoms with E-state index in [-0.39, 0.29) is 4.90 Å². The first-order chi connectivity index (χ1) is 12.0. The lowest BCUT2D eigenvalue weighted by atomic mass is 10.2. The highest BCUT2D eigenvalue weighted by Gasteiger charge is 2.14. The number of halogens is 1. The highest BCUT2D eigenvalue weighted by atomic mass is 79.9. The average molecular weight is 420 g/mol. The number of benzene rings is 2. The maximum absolute atomic E-state index is 12.4. The van der Waals surface area contributed by atoms with Gasteiger partial charge in [-0.25, -0.2) is 17.8 Å². The summed E-state index contributed by atoms with van der Waals surface area (Å²) < 4.78 is 30.0. The molecule has 1 N–H and O–H groups in total. The maximum atomic E-state index is 12.4. The van der Waals surface area contributed by atoms with Crippen LogP contribution >= 0.6 is 15.9 Å². The summed E-state index contributed by atoms with van der Waals surface area (Å²) in [6.45, 7) is 2.16. The van der Waals surface area contributed by atoms with Gasteiger partial charge in [0.25, 0.3) is 0 Å². The molecule has 0 fully saturated rings. The predicted molar refractivity (Wildman–Crippen MR) is 101 cm³/mol. The molecule has 3 rings (SSSR count). The fraction of sp³-hybridized carbons (Fsp3) is 0.167. The van der Waals surface area contributed by atoms with E-state index >= 15 is 0 Å². The van der Waals surface area contributed by atoms with Crippen LogP contribution in [0, 0.1) is 6.92 Å². The minimum atomic E-state index is -3.52. The topological polar surface area (TPSA) is 64.0 Å². The molecule has 0 spiro atoms. The molecule has 130 valence electrons. The zero-order valence-corrected chi connectivity index (χ0v) is 16.1. The number of hydrogen-bond acceptors (Lipinski definition) is 3. The van der Waals surface area contributed by atoms with Crippen LogP contribution in [0.1, 0.15) is 11.3 Å². The zero-order chi connectivity index (χ0) is 17.9. The summed E-state index contributed by atoms with van der Waals surface area (Å²) in [5, 5.41) is 4.47. The first-order valence-electron chi connectivity index (χ1n) is 7.81. The molecule has 7 heteroatoms. The van der Waals surface area contributed by atoms with E-state index < -0.39 is 10.0 Å². The summed E-state index contributed by atoms with van der Waals surface area (Å²) in [4.78, 5) is 0.267. The Kier molecular flexibility index (Phi) is 5.36. The van der Waals surface area contributed by atoms with E-state index in [0.717, 1.165) is 21.4 Å². The van der Waals surface area contributed by atoms with Crippen LogP contribution < -0.4 is 4.72 Å². The fourth-order valence-corrected chi connectivity index (χ4v) is 3.76.